The van der Waals surface area contributed by atoms with Gasteiger partial charge in [0, 0.05) is 24.3 Å². The van der Waals surface area contributed by atoms with Crippen LogP contribution in [-0.4, -0.2) is 22.5 Å². The summed E-state index contributed by atoms with van der Waals surface area (Å²) in [4.78, 5) is 21.1. The van der Waals surface area contributed by atoms with Crippen LogP contribution in [0.1, 0.15) is 28.8 Å². The molecule has 26 heavy (non-hydrogen) atoms. The molecule has 4 rings (SSSR count). The van der Waals surface area contributed by atoms with Crippen molar-refractivity contribution in [3.05, 3.63) is 64.9 Å². The summed E-state index contributed by atoms with van der Waals surface area (Å²) in [5, 5.41) is 4.27. The molecule has 1 amide bonds. The van der Waals surface area contributed by atoms with Gasteiger partial charge < -0.3 is 10.1 Å². The Morgan fingerprint density at radius 2 is 2.08 bits per heavy atom. The molecule has 0 spiro atoms. The number of rotatable bonds is 6. The van der Waals surface area contributed by atoms with E-state index in [4.69, 9.17) is 16.3 Å². The van der Waals surface area contributed by atoms with E-state index in [9.17, 15) is 4.79 Å². The third kappa shape index (κ3) is 3.78. The summed E-state index contributed by atoms with van der Waals surface area (Å²) in [5.74, 6) is 0.572. The highest BCUT2D eigenvalue weighted by Crippen LogP contribution is 2.31. The van der Waals surface area contributed by atoms with E-state index in [1.54, 1.807) is 18.5 Å². The molecule has 0 bridgehead atoms. The highest BCUT2D eigenvalue weighted by Gasteiger charge is 2.24. The van der Waals surface area contributed by atoms with E-state index in [0.29, 0.717) is 30.0 Å². The number of pyridine rings is 2. The molecule has 0 unspecified atom stereocenters. The molecule has 1 saturated carbocycles. The molecule has 1 aliphatic rings. The van der Waals surface area contributed by atoms with E-state index in [2.05, 4.69) is 15.3 Å². The summed E-state index contributed by atoms with van der Waals surface area (Å²) >= 11 is 6.23. The van der Waals surface area contributed by atoms with Crippen molar-refractivity contribution in [3.8, 4) is 5.88 Å². The molecular formula is C20H18ClN3O2. The zero-order valence-electron chi connectivity index (χ0n) is 14.1. The third-order valence-electron chi connectivity index (χ3n) is 4.37. The van der Waals surface area contributed by atoms with Gasteiger partial charge >= 0.3 is 0 Å². The summed E-state index contributed by atoms with van der Waals surface area (Å²) in [5.41, 5.74) is 2.20. The lowest BCUT2D eigenvalue weighted by atomic mass is 10.1. The van der Waals surface area contributed by atoms with Gasteiger partial charge in [0.05, 0.1) is 17.1 Å². The number of benzene rings is 1. The summed E-state index contributed by atoms with van der Waals surface area (Å²) < 4.78 is 5.71. The van der Waals surface area contributed by atoms with Crippen LogP contribution in [-0.2, 0) is 6.54 Å². The fourth-order valence-corrected chi connectivity index (χ4v) is 2.95. The van der Waals surface area contributed by atoms with E-state index >= 15 is 0 Å². The van der Waals surface area contributed by atoms with Crippen molar-refractivity contribution in [2.75, 3.05) is 6.61 Å². The molecule has 1 aliphatic carbocycles. The second kappa shape index (κ2) is 7.30. The van der Waals surface area contributed by atoms with Crippen LogP contribution >= 0.6 is 11.6 Å². The van der Waals surface area contributed by atoms with Gasteiger partial charge in [-0.25, -0.2) is 4.98 Å². The van der Waals surface area contributed by atoms with Crippen LogP contribution in [0.5, 0.6) is 5.88 Å². The first-order valence-electron chi connectivity index (χ1n) is 8.60. The topological polar surface area (TPSA) is 64.1 Å². The first kappa shape index (κ1) is 16.8. The van der Waals surface area contributed by atoms with Crippen LogP contribution in [0.25, 0.3) is 10.9 Å². The molecule has 1 N–H and O–H groups in total. The number of aromatic nitrogens is 2. The van der Waals surface area contributed by atoms with Gasteiger partial charge in [-0.2, -0.15) is 0 Å². The Hall–Kier alpha value is -2.66. The second-order valence-electron chi connectivity index (χ2n) is 6.44. The zero-order valence-corrected chi connectivity index (χ0v) is 14.9. The molecule has 6 heteroatoms. The van der Waals surface area contributed by atoms with Gasteiger partial charge in [-0.15, -0.1) is 0 Å². The lowest BCUT2D eigenvalue weighted by molar-refractivity contribution is 0.0945. The van der Waals surface area contributed by atoms with Gasteiger partial charge in [0.2, 0.25) is 5.88 Å². The molecule has 132 valence electrons. The predicted octanol–water partition coefficient (Wildman–Crippen LogP) is 4.00. The third-order valence-corrected chi connectivity index (χ3v) is 4.68. The number of nitrogens with one attached hydrogen (secondary N) is 1. The Morgan fingerprint density at radius 3 is 2.92 bits per heavy atom. The SMILES string of the molecule is O=C(NCc1ccc2ncccc2c1)c1c(Cl)ccnc1OCC1CC1. The van der Waals surface area contributed by atoms with Gasteiger partial charge in [-0.1, -0.05) is 23.7 Å². The maximum Gasteiger partial charge on any atom is 0.258 e. The highest BCUT2D eigenvalue weighted by atomic mass is 35.5. The predicted molar refractivity (Wildman–Crippen MR) is 100 cm³/mol. The van der Waals surface area contributed by atoms with Crippen LogP contribution in [0, 0.1) is 5.92 Å². The number of nitrogens with zero attached hydrogens (tertiary/aromatic N) is 2. The van der Waals surface area contributed by atoms with E-state index < -0.39 is 0 Å². The van der Waals surface area contributed by atoms with E-state index in [-0.39, 0.29) is 11.5 Å². The molecule has 0 aliphatic heterocycles. The summed E-state index contributed by atoms with van der Waals surface area (Å²) in [6.07, 6.45) is 5.65. The minimum Gasteiger partial charge on any atom is -0.477 e. The largest absolute Gasteiger partial charge is 0.477 e. The van der Waals surface area contributed by atoms with Crippen LogP contribution in [0.3, 0.4) is 0 Å². The van der Waals surface area contributed by atoms with Gasteiger partial charge in [0.25, 0.3) is 5.91 Å². The number of carbonyl (C=O) groups excluding carboxylic acids is 1. The Morgan fingerprint density at radius 1 is 1.19 bits per heavy atom. The smallest absolute Gasteiger partial charge is 0.258 e. The maximum absolute atomic E-state index is 12.7. The molecule has 3 aromatic rings. The number of halogens is 1. The quantitative estimate of drug-likeness (QED) is 0.715. The first-order chi connectivity index (χ1) is 12.7. The van der Waals surface area contributed by atoms with Crippen LogP contribution in [0.15, 0.2) is 48.8 Å². The van der Waals surface area contributed by atoms with E-state index in [0.717, 1.165) is 16.5 Å². The minimum absolute atomic E-state index is 0.289. The monoisotopic (exact) mass is 367 g/mol. The van der Waals surface area contributed by atoms with Crippen molar-refractivity contribution in [1.82, 2.24) is 15.3 Å². The molecule has 1 fully saturated rings. The van der Waals surface area contributed by atoms with Gasteiger partial charge in [-0.3, -0.25) is 9.78 Å². The molecule has 0 saturated heterocycles. The lowest BCUT2D eigenvalue weighted by Crippen LogP contribution is -2.24. The number of fused-ring (bicyclic) bond motifs is 1. The normalized spacial score (nSPS) is 13.6. The van der Waals surface area contributed by atoms with Crippen molar-refractivity contribution >= 4 is 28.4 Å². The number of hydrogen-bond donors (Lipinski definition) is 1. The Labute approximate surface area is 156 Å². The number of hydrogen-bond acceptors (Lipinski definition) is 4. The van der Waals surface area contributed by atoms with Crippen molar-refractivity contribution in [3.63, 3.8) is 0 Å². The van der Waals surface area contributed by atoms with Gasteiger partial charge in [0.15, 0.2) is 0 Å². The minimum atomic E-state index is -0.291. The summed E-state index contributed by atoms with van der Waals surface area (Å²) in [6, 6.07) is 11.4. The van der Waals surface area contributed by atoms with Crippen LogP contribution in [0.4, 0.5) is 0 Å². The second-order valence-corrected chi connectivity index (χ2v) is 6.85. The Bertz CT molecular complexity index is 957. The zero-order chi connectivity index (χ0) is 17.9. The standard InChI is InChI=1S/C20H18ClN3O2/c21-16-7-9-23-20(26-12-13-3-4-13)18(16)19(25)24-11-14-5-6-17-15(10-14)2-1-8-22-17/h1-2,5-10,13H,3-4,11-12H2,(H,24,25). The van der Waals surface area contributed by atoms with Crippen molar-refractivity contribution in [2.45, 2.75) is 19.4 Å². The Kier molecular flexibility index (Phi) is 4.71. The lowest BCUT2D eigenvalue weighted by Gasteiger charge is -2.12. The maximum atomic E-state index is 12.7. The Balaban J connectivity index is 1.48. The number of ether oxygens (including phenoxy) is 1. The van der Waals surface area contributed by atoms with Gasteiger partial charge in [-0.05, 0) is 48.6 Å². The highest BCUT2D eigenvalue weighted by molar-refractivity contribution is 6.34. The summed E-state index contributed by atoms with van der Waals surface area (Å²) in [6.45, 7) is 0.961. The molecular weight excluding hydrogens is 350 g/mol. The molecule has 0 radical (unpaired) electrons. The fraction of sp³-hybridized carbons (Fsp3) is 0.250. The fourth-order valence-electron chi connectivity index (χ4n) is 2.72. The van der Waals surface area contributed by atoms with Crippen molar-refractivity contribution in [2.24, 2.45) is 5.92 Å². The number of carbonyl (C=O) groups is 1. The average Bonchev–Trinajstić information content (AvgIpc) is 3.49. The van der Waals surface area contributed by atoms with Crippen molar-refractivity contribution in [1.29, 1.82) is 0 Å². The van der Waals surface area contributed by atoms with E-state index in [1.807, 2.05) is 30.3 Å². The van der Waals surface area contributed by atoms with Gasteiger partial charge in [0.1, 0.15) is 5.56 Å². The molecule has 2 heterocycles. The first-order valence-corrected chi connectivity index (χ1v) is 8.97. The molecule has 1 aromatic carbocycles. The number of amides is 1. The summed E-state index contributed by atoms with van der Waals surface area (Å²) in [7, 11) is 0. The average molecular weight is 368 g/mol. The van der Waals surface area contributed by atoms with E-state index in [1.165, 1.54) is 12.8 Å². The van der Waals surface area contributed by atoms with Crippen molar-refractivity contribution < 1.29 is 9.53 Å². The van der Waals surface area contributed by atoms with Crippen LogP contribution in [0.2, 0.25) is 5.02 Å². The van der Waals surface area contributed by atoms with Crippen LogP contribution < -0.4 is 10.1 Å². The molecule has 2 aromatic heterocycles. The molecule has 5 nitrogen and oxygen atoms in total. The molecule has 0 atom stereocenters.